The Labute approximate surface area is 233 Å². The molecule has 3 atom stereocenters. The molecule has 0 spiro atoms. The normalized spacial score (nSPS) is 17.5. The van der Waals surface area contributed by atoms with Gasteiger partial charge in [0, 0.05) is 0 Å². The number of carbonyl (C=O) groups is 4. The van der Waals surface area contributed by atoms with Crippen LogP contribution in [0.15, 0.2) is 33.5 Å². The van der Waals surface area contributed by atoms with Gasteiger partial charge in [-0.05, 0) is 43.4 Å². The van der Waals surface area contributed by atoms with E-state index in [9.17, 15) is 37.1 Å². The molecule has 0 saturated carbocycles. The van der Waals surface area contributed by atoms with Crippen molar-refractivity contribution in [1.82, 2.24) is 19.6 Å². The predicted octanol–water partition coefficient (Wildman–Crippen LogP) is 2.62. The number of imide groups is 3. The van der Waals surface area contributed by atoms with Crippen LogP contribution in [0.5, 0.6) is 0 Å². The van der Waals surface area contributed by atoms with Gasteiger partial charge in [0.2, 0.25) is 5.78 Å². The van der Waals surface area contributed by atoms with Gasteiger partial charge in [0.25, 0.3) is 17.7 Å². The summed E-state index contributed by atoms with van der Waals surface area (Å²) in [7, 11) is 0.999. The van der Waals surface area contributed by atoms with E-state index in [1.165, 1.54) is 11.0 Å². The van der Waals surface area contributed by atoms with E-state index >= 15 is 0 Å². The third-order valence-corrected chi connectivity index (χ3v) is 6.83. The second-order valence-electron chi connectivity index (χ2n) is 10.3. The van der Waals surface area contributed by atoms with Gasteiger partial charge in [0.05, 0.1) is 36.5 Å². The highest BCUT2D eigenvalue weighted by molar-refractivity contribution is 6.12. The largest absolute Gasteiger partial charge is 0.452 e. The van der Waals surface area contributed by atoms with Crippen LogP contribution in [0.2, 0.25) is 0 Å². The van der Waals surface area contributed by atoms with Crippen molar-refractivity contribution >= 4 is 23.7 Å². The molecule has 2 heterocycles. The Kier molecular flexibility index (Phi) is 9.54. The van der Waals surface area contributed by atoms with Crippen LogP contribution in [0.3, 0.4) is 0 Å². The maximum absolute atomic E-state index is 13.6. The number of hydrogen-bond donors (Lipinski definition) is 1. The first-order chi connectivity index (χ1) is 19.1. The summed E-state index contributed by atoms with van der Waals surface area (Å²) in [6, 6.07) is 0.708. The zero-order valence-electron chi connectivity index (χ0n) is 23.2. The van der Waals surface area contributed by atoms with Crippen molar-refractivity contribution in [3.63, 3.8) is 0 Å². The number of para-hydroxylation sites is 1. The van der Waals surface area contributed by atoms with E-state index in [-0.39, 0.29) is 13.0 Å². The molecule has 224 valence electrons. The fourth-order valence-corrected chi connectivity index (χ4v) is 4.74. The van der Waals surface area contributed by atoms with Crippen LogP contribution in [-0.2, 0) is 20.5 Å². The topological polar surface area (TPSA) is 158 Å². The Balaban J connectivity index is 1.99. The van der Waals surface area contributed by atoms with Gasteiger partial charge in [0.1, 0.15) is 0 Å². The highest BCUT2D eigenvalue weighted by Gasteiger charge is 2.46. The van der Waals surface area contributed by atoms with Crippen LogP contribution in [0, 0.1) is 11.8 Å². The number of methoxy groups -OCH3 is 1. The second-order valence-corrected chi connectivity index (χ2v) is 10.3. The van der Waals surface area contributed by atoms with E-state index in [2.05, 4.69) is 9.84 Å². The molecule has 15 heteroatoms. The number of aromatic nitrogens is 2. The van der Waals surface area contributed by atoms with Gasteiger partial charge in [-0.15, -0.1) is 5.10 Å². The number of ether oxygens (including phenoxy) is 1. The smallest absolute Gasteiger partial charge is 0.442 e. The second kappa shape index (κ2) is 12.3. The SMILES string of the molecule is COC(=O)N(C(=O)[C@@H](N)C(C)C)C(=O)[C@@H]1CCCN1[C@H](C(=O)c1nn(-c2ccccc2C(F)(F)F)c(=O)o1)C(C)C. The summed E-state index contributed by atoms with van der Waals surface area (Å²) in [5.41, 5.74) is 4.13. The Morgan fingerprint density at radius 1 is 1.12 bits per heavy atom. The third-order valence-electron chi connectivity index (χ3n) is 6.83. The number of Topliss-reactive ketones (excluding diaryl/α,β-unsaturated/α-hetero) is 1. The van der Waals surface area contributed by atoms with E-state index in [1.54, 1.807) is 27.7 Å². The molecule has 2 aromatic rings. The first kappa shape index (κ1) is 31.7. The number of benzene rings is 1. The van der Waals surface area contributed by atoms with Crippen LogP contribution in [0.25, 0.3) is 5.69 Å². The van der Waals surface area contributed by atoms with E-state index in [4.69, 9.17) is 10.2 Å². The van der Waals surface area contributed by atoms with Crippen LogP contribution >= 0.6 is 0 Å². The molecule has 41 heavy (non-hydrogen) atoms. The molecule has 1 fully saturated rings. The average molecular weight is 584 g/mol. The summed E-state index contributed by atoms with van der Waals surface area (Å²) < 4.78 is 50.6. The van der Waals surface area contributed by atoms with Gasteiger partial charge in [0.15, 0.2) is 0 Å². The molecule has 3 rings (SSSR count). The lowest BCUT2D eigenvalue weighted by molar-refractivity contribution is -0.147. The molecular formula is C26H32F3N5O7. The number of rotatable bonds is 8. The molecule has 0 radical (unpaired) electrons. The molecule has 0 aliphatic carbocycles. The zero-order chi connectivity index (χ0) is 30.8. The molecule has 0 unspecified atom stereocenters. The van der Waals surface area contributed by atoms with Crippen LogP contribution in [-0.4, -0.2) is 75.1 Å². The Morgan fingerprint density at radius 3 is 2.32 bits per heavy atom. The van der Waals surface area contributed by atoms with Crippen molar-refractivity contribution < 1.29 is 41.5 Å². The van der Waals surface area contributed by atoms with Crippen LogP contribution in [0.4, 0.5) is 18.0 Å². The Hall–Kier alpha value is -3.85. The number of hydrogen-bond acceptors (Lipinski definition) is 10. The number of halogens is 3. The number of nitrogens with two attached hydrogens (primary N) is 1. The predicted molar refractivity (Wildman–Crippen MR) is 137 cm³/mol. The summed E-state index contributed by atoms with van der Waals surface area (Å²) in [5.74, 6) is -5.78. The van der Waals surface area contributed by atoms with Crippen molar-refractivity contribution in [2.75, 3.05) is 13.7 Å². The molecule has 1 aliphatic rings. The van der Waals surface area contributed by atoms with Crippen molar-refractivity contribution in [1.29, 1.82) is 0 Å². The van der Waals surface area contributed by atoms with Crippen molar-refractivity contribution in [3.8, 4) is 5.69 Å². The lowest BCUT2D eigenvalue weighted by Crippen LogP contribution is -2.58. The minimum absolute atomic E-state index is 0.171. The molecule has 1 aromatic carbocycles. The first-order valence-electron chi connectivity index (χ1n) is 12.9. The number of alkyl halides is 3. The number of amides is 3. The van der Waals surface area contributed by atoms with Gasteiger partial charge >= 0.3 is 18.0 Å². The maximum Gasteiger partial charge on any atom is 0.442 e. The molecular weight excluding hydrogens is 551 g/mol. The van der Waals surface area contributed by atoms with E-state index in [0.29, 0.717) is 16.0 Å². The minimum atomic E-state index is -4.82. The number of nitrogens with zero attached hydrogens (tertiary/aromatic N) is 4. The summed E-state index contributed by atoms with van der Waals surface area (Å²) in [4.78, 5) is 67.0. The minimum Gasteiger partial charge on any atom is -0.452 e. The van der Waals surface area contributed by atoms with Crippen molar-refractivity contribution in [2.45, 2.75) is 64.8 Å². The fourth-order valence-electron chi connectivity index (χ4n) is 4.74. The van der Waals surface area contributed by atoms with Crippen molar-refractivity contribution in [3.05, 3.63) is 46.3 Å². The van der Waals surface area contributed by atoms with E-state index in [0.717, 1.165) is 25.3 Å². The molecule has 2 N–H and O–H groups in total. The molecule has 0 bridgehead atoms. The summed E-state index contributed by atoms with van der Waals surface area (Å²) in [6.07, 6.45) is -5.47. The number of likely N-dealkylation sites (tertiary alicyclic amines) is 1. The molecule has 3 amide bonds. The molecule has 1 saturated heterocycles. The van der Waals surface area contributed by atoms with Gasteiger partial charge in [-0.3, -0.25) is 19.3 Å². The zero-order valence-corrected chi connectivity index (χ0v) is 23.2. The maximum atomic E-state index is 13.6. The van der Waals surface area contributed by atoms with Crippen LogP contribution in [0.1, 0.15) is 56.8 Å². The average Bonchev–Trinajstić information content (AvgIpc) is 3.54. The monoisotopic (exact) mass is 583 g/mol. The van der Waals surface area contributed by atoms with E-state index in [1.807, 2.05) is 0 Å². The Bertz CT molecular complexity index is 1370. The van der Waals surface area contributed by atoms with Gasteiger partial charge < -0.3 is 14.9 Å². The van der Waals surface area contributed by atoms with Gasteiger partial charge in [-0.25, -0.2) is 9.59 Å². The number of ketones is 1. The van der Waals surface area contributed by atoms with E-state index < -0.39 is 82.7 Å². The first-order valence-corrected chi connectivity index (χ1v) is 12.9. The highest BCUT2D eigenvalue weighted by atomic mass is 19.4. The van der Waals surface area contributed by atoms with Crippen LogP contribution < -0.4 is 11.5 Å². The quantitative estimate of drug-likeness (QED) is 0.458. The lowest BCUT2D eigenvalue weighted by atomic mass is 9.96. The summed E-state index contributed by atoms with van der Waals surface area (Å²) in [6.45, 7) is 6.75. The highest BCUT2D eigenvalue weighted by Crippen LogP contribution is 2.33. The van der Waals surface area contributed by atoms with Crippen molar-refractivity contribution in [2.24, 2.45) is 17.6 Å². The third kappa shape index (κ3) is 6.40. The lowest BCUT2D eigenvalue weighted by Gasteiger charge is -2.35. The fraction of sp³-hybridized carbons (Fsp3) is 0.538. The summed E-state index contributed by atoms with van der Waals surface area (Å²) >= 11 is 0. The molecule has 12 nitrogen and oxygen atoms in total. The standard InChI is InChI=1S/C26H32F3N5O7/c1-13(2)18(30)23(37)33(24(38)40-5)22(36)17-11-8-12-32(17)19(14(3)4)20(35)21-31-34(25(39)41-21)16-10-7-6-9-15(16)26(27,28)29/h6-7,9-10,13-14,17-19H,8,11-12,30H2,1-5H3/t17-,18-,19-/m0/s1. The number of carbonyl (C=O) groups excluding carboxylic acids is 4. The summed E-state index contributed by atoms with van der Waals surface area (Å²) in [5, 5.41) is 3.77. The Morgan fingerprint density at radius 2 is 1.76 bits per heavy atom. The van der Waals surface area contributed by atoms with Gasteiger partial charge in [-0.2, -0.15) is 22.8 Å². The van der Waals surface area contributed by atoms with Gasteiger partial charge in [-0.1, -0.05) is 39.8 Å². The molecule has 1 aliphatic heterocycles. The molecule has 1 aromatic heterocycles.